The lowest BCUT2D eigenvalue weighted by Gasteiger charge is -2.38. The molecular weight excluding hydrogens is 226 g/mol. The van der Waals surface area contributed by atoms with E-state index in [4.69, 9.17) is 0 Å². The van der Waals surface area contributed by atoms with E-state index in [0.717, 1.165) is 12.8 Å². The van der Waals surface area contributed by atoms with Crippen LogP contribution in [0, 0.1) is 5.21 Å². The topological polar surface area (TPSA) is 43.3 Å². The van der Waals surface area contributed by atoms with Crippen molar-refractivity contribution in [1.82, 2.24) is 0 Å². The fourth-order valence-corrected chi connectivity index (χ4v) is 2.06. The number of hydroxylamine groups is 3. The van der Waals surface area contributed by atoms with Crippen molar-refractivity contribution >= 4 is 0 Å². The van der Waals surface area contributed by atoms with E-state index in [1.54, 1.807) is 7.05 Å². The standard InChI is InChI=1S/C15H33NO2/c1-4-6-7-8-9-10-11-12-15(17)13-14-16(3,18)5-2/h15,17H,4-14H2,1-3H3. The quantitative estimate of drug-likeness (QED) is 0.329. The second-order valence-corrected chi connectivity index (χ2v) is 5.69. The molecule has 0 aliphatic heterocycles. The van der Waals surface area contributed by atoms with E-state index in [-0.39, 0.29) is 10.8 Å². The van der Waals surface area contributed by atoms with Gasteiger partial charge in [0.15, 0.2) is 0 Å². The van der Waals surface area contributed by atoms with Gasteiger partial charge in [-0.3, -0.25) is 0 Å². The number of aliphatic hydroxyl groups is 1. The molecule has 2 atom stereocenters. The minimum atomic E-state index is -0.279. The fourth-order valence-electron chi connectivity index (χ4n) is 2.06. The lowest BCUT2D eigenvalue weighted by Crippen LogP contribution is -2.39. The Balaban J connectivity index is 3.34. The molecule has 0 rings (SSSR count). The predicted molar refractivity (Wildman–Crippen MR) is 78.2 cm³/mol. The highest BCUT2D eigenvalue weighted by Crippen LogP contribution is 2.12. The Bertz CT molecular complexity index is 183. The molecule has 0 aliphatic carbocycles. The molecular formula is C15H33NO2. The first kappa shape index (κ1) is 17.9. The zero-order chi connectivity index (χ0) is 13.9. The highest BCUT2D eigenvalue weighted by atomic mass is 16.5. The van der Waals surface area contributed by atoms with E-state index in [9.17, 15) is 10.3 Å². The van der Waals surface area contributed by atoms with E-state index < -0.39 is 0 Å². The zero-order valence-corrected chi connectivity index (χ0v) is 12.7. The summed E-state index contributed by atoms with van der Waals surface area (Å²) >= 11 is 0. The van der Waals surface area contributed by atoms with E-state index in [1.807, 2.05) is 6.92 Å². The predicted octanol–water partition coefficient (Wildman–Crippen LogP) is 3.84. The highest BCUT2D eigenvalue weighted by Gasteiger charge is 2.11. The molecule has 0 aliphatic rings. The Morgan fingerprint density at radius 1 is 0.944 bits per heavy atom. The summed E-state index contributed by atoms with van der Waals surface area (Å²) in [4.78, 5) is 0. The molecule has 3 nitrogen and oxygen atoms in total. The average Bonchev–Trinajstić information content (AvgIpc) is 2.35. The second-order valence-electron chi connectivity index (χ2n) is 5.69. The first-order chi connectivity index (χ1) is 8.52. The number of rotatable bonds is 12. The lowest BCUT2D eigenvalue weighted by molar-refractivity contribution is -0.859. The van der Waals surface area contributed by atoms with Gasteiger partial charge in [0, 0.05) is 6.42 Å². The fraction of sp³-hybridized carbons (Fsp3) is 1.00. The van der Waals surface area contributed by atoms with Crippen molar-refractivity contribution in [3.63, 3.8) is 0 Å². The molecule has 0 spiro atoms. The van der Waals surface area contributed by atoms with Crippen molar-refractivity contribution in [1.29, 1.82) is 0 Å². The minimum Gasteiger partial charge on any atom is -0.633 e. The van der Waals surface area contributed by atoms with Crippen LogP contribution in [0.1, 0.15) is 71.6 Å². The van der Waals surface area contributed by atoms with E-state index in [0.29, 0.717) is 19.5 Å². The van der Waals surface area contributed by atoms with Crippen molar-refractivity contribution in [2.45, 2.75) is 77.7 Å². The maximum Gasteiger partial charge on any atom is 0.0806 e. The molecule has 0 saturated heterocycles. The molecule has 0 bridgehead atoms. The molecule has 0 aromatic rings. The van der Waals surface area contributed by atoms with Gasteiger partial charge in [-0.1, -0.05) is 51.9 Å². The smallest absolute Gasteiger partial charge is 0.0806 e. The maximum atomic E-state index is 11.7. The summed E-state index contributed by atoms with van der Waals surface area (Å²) < 4.78 is -0.228. The van der Waals surface area contributed by atoms with Crippen LogP contribution in [0.4, 0.5) is 0 Å². The number of unbranched alkanes of at least 4 members (excludes halogenated alkanes) is 6. The number of quaternary nitrogens is 1. The molecule has 0 heterocycles. The summed E-state index contributed by atoms with van der Waals surface area (Å²) in [5.41, 5.74) is 0. The van der Waals surface area contributed by atoms with Crippen LogP contribution >= 0.6 is 0 Å². The SMILES string of the molecule is CCCCCCCCCC(O)CC[N+](C)([O-])CC. The summed E-state index contributed by atoms with van der Waals surface area (Å²) in [7, 11) is 1.68. The summed E-state index contributed by atoms with van der Waals surface area (Å²) in [6, 6.07) is 0. The third-order valence-corrected chi connectivity index (χ3v) is 3.75. The van der Waals surface area contributed by atoms with Crippen LogP contribution < -0.4 is 0 Å². The molecule has 1 N–H and O–H groups in total. The summed E-state index contributed by atoms with van der Waals surface area (Å²) in [6.45, 7) is 5.25. The Kier molecular flexibility index (Phi) is 10.7. The Labute approximate surface area is 113 Å². The Morgan fingerprint density at radius 2 is 1.50 bits per heavy atom. The van der Waals surface area contributed by atoms with Crippen LogP contribution in [0.25, 0.3) is 0 Å². The first-order valence-electron chi connectivity index (χ1n) is 7.75. The van der Waals surface area contributed by atoms with Gasteiger partial charge in [0.05, 0.1) is 26.2 Å². The average molecular weight is 259 g/mol. The van der Waals surface area contributed by atoms with Crippen LogP contribution in [0.5, 0.6) is 0 Å². The zero-order valence-electron chi connectivity index (χ0n) is 12.7. The highest BCUT2D eigenvalue weighted by molar-refractivity contribution is 4.56. The Morgan fingerprint density at radius 3 is 2.06 bits per heavy atom. The van der Waals surface area contributed by atoms with Crippen molar-refractivity contribution < 1.29 is 9.75 Å². The van der Waals surface area contributed by atoms with Crippen LogP contribution in [-0.4, -0.2) is 36.0 Å². The molecule has 0 saturated carbocycles. The van der Waals surface area contributed by atoms with Crippen LogP contribution in [-0.2, 0) is 0 Å². The third-order valence-electron chi connectivity index (χ3n) is 3.75. The maximum absolute atomic E-state index is 11.7. The van der Waals surface area contributed by atoms with Crippen molar-refractivity contribution in [3.8, 4) is 0 Å². The lowest BCUT2D eigenvalue weighted by atomic mass is 10.0. The second kappa shape index (κ2) is 10.8. The Hall–Kier alpha value is -0.120. The normalized spacial score (nSPS) is 16.5. The largest absolute Gasteiger partial charge is 0.633 e. The molecule has 0 amide bonds. The van der Waals surface area contributed by atoms with E-state index in [2.05, 4.69) is 6.92 Å². The summed E-state index contributed by atoms with van der Waals surface area (Å²) in [5.74, 6) is 0. The van der Waals surface area contributed by atoms with Crippen LogP contribution in [0.3, 0.4) is 0 Å². The van der Waals surface area contributed by atoms with Gasteiger partial charge in [-0.2, -0.15) is 0 Å². The monoisotopic (exact) mass is 259 g/mol. The summed E-state index contributed by atoms with van der Waals surface area (Å²) in [5, 5.41) is 21.5. The number of aliphatic hydroxyl groups excluding tert-OH is 1. The van der Waals surface area contributed by atoms with Gasteiger partial charge in [0.25, 0.3) is 0 Å². The molecule has 3 heteroatoms. The molecule has 2 unspecified atom stereocenters. The van der Waals surface area contributed by atoms with Gasteiger partial charge in [0.2, 0.25) is 0 Å². The molecule has 110 valence electrons. The van der Waals surface area contributed by atoms with E-state index in [1.165, 1.54) is 38.5 Å². The number of hydrogen-bond acceptors (Lipinski definition) is 2. The molecule has 0 aromatic heterocycles. The van der Waals surface area contributed by atoms with Gasteiger partial charge in [-0.15, -0.1) is 0 Å². The van der Waals surface area contributed by atoms with Crippen LogP contribution in [0.2, 0.25) is 0 Å². The molecule has 18 heavy (non-hydrogen) atoms. The number of hydrogen-bond donors (Lipinski definition) is 1. The van der Waals surface area contributed by atoms with Gasteiger partial charge >= 0.3 is 0 Å². The molecule has 0 aromatic carbocycles. The minimum absolute atomic E-state index is 0.228. The van der Waals surface area contributed by atoms with E-state index >= 15 is 0 Å². The summed E-state index contributed by atoms with van der Waals surface area (Å²) in [6.07, 6.45) is 10.1. The third kappa shape index (κ3) is 11.0. The van der Waals surface area contributed by atoms with Crippen LogP contribution in [0.15, 0.2) is 0 Å². The first-order valence-corrected chi connectivity index (χ1v) is 7.75. The van der Waals surface area contributed by atoms with Gasteiger partial charge < -0.3 is 15.0 Å². The number of nitrogens with zero attached hydrogens (tertiary/aromatic N) is 1. The van der Waals surface area contributed by atoms with Crippen molar-refractivity contribution in [2.24, 2.45) is 0 Å². The molecule has 0 radical (unpaired) electrons. The van der Waals surface area contributed by atoms with Gasteiger partial charge in [-0.25, -0.2) is 0 Å². The van der Waals surface area contributed by atoms with Crippen molar-refractivity contribution in [2.75, 3.05) is 20.1 Å². The van der Waals surface area contributed by atoms with Gasteiger partial charge in [-0.05, 0) is 13.3 Å². The van der Waals surface area contributed by atoms with Crippen molar-refractivity contribution in [3.05, 3.63) is 5.21 Å². The molecule has 0 fully saturated rings. The van der Waals surface area contributed by atoms with Gasteiger partial charge in [0.1, 0.15) is 0 Å².